The van der Waals surface area contributed by atoms with E-state index in [1.165, 1.54) is 6.07 Å². The molecular weight excluding hydrogens is 215 g/mol. The van der Waals surface area contributed by atoms with Crippen molar-refractivity contribution in [3.8, 4) is 0 Å². The summed E-state index contributed by atoms with van der Waals surface area (Å²) in [6.45, 7) is 2.56. The van der Waals surface area contributed by atoms with E-state index in [0.717, 1.165) is 24.3 Å². The quantitative estimate of drug-likeness (QED) is 0.872. The van der Waals surface area contributed by atoms with E-state index in [1.54, 1.807) is 19.2 Å². The molecule has 0 aliphatic rings. The van der Waals surface area contributed by atoms with Crippen molar-refractivity contribution in [1.82, 2.24) is 4.98 Å². The van der Waals surface area contributed by atoms with Crippen LogP contribution in [0, 0.1) is 12.7 Å². The fourth-order valence-corrected chi connectivity index (χ4v) is 1.64. The van der Waals surface area contributed by atoms with Gasteiger partial charge in [-0.2, -0.15) is 0 Å². The van der Waals surface area contributed by atoms with E-state index in [0.29, 0.717) is 5.56 Å². The van der Waals surface area contributed by atoms with Crippen molar-refractivity contribution in [1.29, 1.82) is 0 Å². The molecule has 2 nitrogen and oxygen atoms in total. The first-order chi connectivity index (χ1) is 8.25. The van der Waals surface area contributed by atoms with Gasteiger partial charge in [0.25, 0.3) is 0 Å². The summed E-state index contributed by atoms with van der Waals surface area (Å²) in [6, 6.07) is 10.9. The highest BCUT2D eigenvalue weighted by Gasteiger charge is 1.98. The van der Waals surface area contributed by atoms with Crippen LogP contribution in [-0.4, -0.2) is 11.5 Å². The van der Waals surface area contributed by atoms with Gasteiger partial charge in [-0.15, -0.1) is 0 Å². The number of aromatic nitrogens is 1. The third kappa shape index (κ3) is 3.28. The monoisotopic (exact) mass is 230 g/mol. The van der Waals surface area contributed by atoms with Gasteiger partial charge in [0, 0.05) is 30.5 Å². The number of hydrogen-bond acceptors (Lipinski definition) is 2. The molecule has 0 amide bonds. The summed E-state index contributed by atoms with van der Waals surface area (Å²) in [5, 5.41) is 3.25. The highest BCUT2D eigenvalue weighted by atomic mass is 19.1. The van der Waals surface area contributed by atoms with Crippen LogP contribution in [0.1, 0.15) is 11.3 Å². The lowest BCUT2D eigenvalue weighted by Crippen LogP contribution is -2.06. The van der Waals surface area contributed by atoms with Gasteiger partial charge in [0.15, 0.2) is 0 Å². The molecule has 0 spiro atoms. The molecule has 0 aliphatic heterocycles. The van der Waals surface area contributed by atoms with Crippen molar-refractivity contribution in [3.63, 3.8) is 0 Å². The second kappa shape index (κ2) is 5.43. The number of rotatable bonds is 4. The molecule has 0 unspecified atom stereocenters. The minimum Gasteiger partial charge on any atom is -0.385 e. The van der Waals surface area contributed by atoms with Crippen LogP contribution in [0.3, 0.4) is 0 Å². The Hall–Kier alpha value is -1.90. The average molecular weight is 230 g/mol. The van der Waals surface area contributed by atoms with Crippen molar-refractivity contribution in [2.24, 2.45) is 0 Å². The lowest BCUT2D eigenvalue weighted by Gasteiger charge is -2.07. The molecule has 0 fully saturated rings. The number of anilines is 1. The molecule has 1 aromatic heterocycles. The van der Waals surface area contributed by atoms with Crippen molar-refractivity contribution in [2.45, 2.75) is 13.3 Å². The second-order valence-corrected chi connectivity index (χ2v) is 3.96. The molecule has 2 rings (SSSR count). The van der Waals surface area contributed by atoms with Crippen LogP contribution in [0.25, 0.3) is 0 Å². The van der Waals surface area contributed by atoms with Gasteiger partial charge in [-0.1, -0.05) is 6.07 Å². The summed E-state index contributed by atoms with van der Waals surface area (Å²) in [7, 11) is 0. The molecule has 0 radical (unpaired) electrons. The third-order valence-electron chi connectivity index (χ3n) is 2.59. The number of nitrogens with one attached hydrogen (secondary N) is 1. The largest absolute Gasteiger partial charge is 0.385 e. The molecule has 0 saturated carbocycles. The maximum absolute atomic E-state index is 13.0. The van der Waals surface area contributed by atoms with Gasteiger partial charge < -0.3 is 5.32 Å². The SMILES string of the molecule is Cc1cc(NCCc2ccccn2)ccc1F. The molecule has 0 bridgehead atoms. The van der Waals surface area contributed by atoms with Crippen LogP contribution >= 0.6 is 0 Å². The van der Waals surface area contributed by atoms with E-state index in [1.807, 2.05) is 24.3 Å². The zero-order valence-electron chi connectivity index (χ0n) is 9.78. The van der Waals surface area contributed by atoms with Crippen molar-refractivity contribution in [2.75, 3.05) is 11.9 Å². The first-order valence-electron chi connectivity index (χ1n) is 5.65. The Kier molecular flexibility index (Phi) is 3.70. The molecule has 17 heavy (non-hydrogen) atoms. The molecule has 1 heterocycles. The molecule has 0 saturated heterocycles. The predicted octanol–water partition coefficient (Wildman–Crippen LogP) is 3.18. The van der Waals surface area contributed by atoms with E-state index in [-0.39, 0.29) is 5.82 Å². The van der Waals surface area contributed by atoms with Crippen LogP contribution in [0.2, 0.25) is 0 Å². The molecule has 1 aromatic carbocycles. The zero-order valence-corrected chi connectivity index (χ0v) is 9.78. The van der Waals surface area contributed by atoms with Crippen LogP contribution in [-0.2, 0) is 6.42 Å². The Bertz CT molecular complexity index is 483. The first-order valence-corrected chi connectivity index (χ1v) is 5.65. The Morgan fingerprint density at radius 1 is 1.24 bits per heavy atom. The van der Waals surface area contributed by atoms with Crippen LogP contribution in [0.4, 0.5) is 10.1 Å². The lowest BCUT2D eigenvalue weighted by molar-refractivity contribution is 0.618. The summed E-state index contributed by atoms with van der Waals surface area (Å²) in [6.07, 6.45) is 2.65. The maximum atomic E-state index is 13.0. The van der Waals surface area contributed by atoms with Crippen LogP contribution < -0.4 is 5.32 Å². The fourth-order valence-electron chi connectivity index (χ4n) is 1.64. The Morgan fingerprint density at radius 2 is 2.12 bits per heavy atom. The van der Waals surface area contributed by atoms with Crippen molar-refractivity contribution >= 4 is 5.69 Å². The number of benzene rings is 1. The van der Waals surface area contributed by atoms with Gasteiger partial charge in [-0.05, 0) is 42.8 Å². The fraction of sp³-hybridized carbons (Fsp3) is 0.214. The van der Waals surface area contributed by atoms with Gasteiger partial charge in [0.1, 0.15) is 5.82 Å². The standard InChI is InChI=1S/C14H15FN2/c1-11-10-13(5-6-14(11)15)17-9-7-12-4-2-3-8-16-12/h2-6,8,10,17H,7,9H2,1H3. The van der Waals surface area contributed by atoms with Crippen LogP contribution in [0.15, 0.2) is 42.6 Å². The smallest absolute Gasteiger partial charge is 0.126 e. The second-order valence-electron chi connectivity index (χ2n) is 3.96. The summed E-state index contributed by atoms with van der Waals surface area (Å²) in [5.74, 6) is -0.166. The molecule has 88 valence electrons. The van der Waals surface area contributed by atoms with Gasteiger partial charge in [0.2, 0.25) is 0 Å². The number of pyridine rings is 1. The van der Waals surface area contributed by atoms with E-state index in [2.05, 4.69) is 10.3 Å². The number of aryl methyl sites for hydroxylation is 1. The highest BCUT2D eigenvalue weighted by Crippen LogP contribution is 2.13. The Morgan fingerprint density at radius 3 is 2.82 bits per heavy atom. The summed E-state index contributed by atoms with van der Waals surface area (Å²) in [5.41, 5.74) is 2.66. The van der Waals surface area contributed by atoms with E-state index >= 15 is 0 Å². The van der Waals surface area contributed by atoms with Crippen molar-refractivity contribution in [3.05, 3.63) is 59.7 Å². The number of nitrogens with zero attached hydrogens (tertiary/aromatic N) is 1. The molecular formula is C14H15FN2. The average Bonchev–Trinajstić information content (AvgIpc) is 2.35. The van der Waals surface area contributed by atoms with Gasteiger partial charge in [-0.3, -0.25) is 4.98 Å². The molecule has 0 atom stereocenters. The summed E-state index contributed by atoms with van der Waals surface area (Å²) >= 11 is 0. The minimum absolute atomic E-state index is 0.166. The Balaban J connectivity index is 1.88. The normalized spacial score (nSPS) is 10.2. The van der Waals surface area contributed by atoms with E-state index in [9.17, 15) is 4.39 Å². The Labute approximate surface area is 101 Å². The van der Waals surface area contributed by atoms with Gasteiger partial charge in [-0.25, -0.2) is 4.39 Å². The number of halogens is 1. The zero-order chi connectivity index (χ0) is 12.1. The topological polar surface area (TPSA) is 24.9 Å². The predicted molar refractivity (Wildman–Crippen MR) is 67.6 cm³/mol. The van der Waals surface area contributed by atoms with Gasteiger partial charge >= 0.3 is 0 Å². The molecule has 3 heteroatoms. The van der Waals surface area contributed by atoms with E-state index < -0.39 is 0 Å². The minimum atomic E-state index is -0.166. The summed E-state index contributed by atoms with van der Waals surface area (Å²) < 4.78 is 13.0. The van der Waals surface area contributed by atoms with Gasteiger partial charge in [0.05, 0.1) is 0 Å². The lowest BCUT2D eigenvalue weighted by atomic mass is 10.2. The van der Waals surface area contributed by atoms with Crippen LogP contribution in [0.5, 0.6) is 0 Å². The number of hydrogen-bond donors (Lipinski definition) is 1. The molecule has 2 aromatic rings. The highest BCUT2D eigenvalue weighted by molar-refractivity contribution is 5.45. The third-order valence-corrected chi connectivity index (χ3v) is 2.59. The molecule has 0 aliphatic carbocycles. The summed E-state index contributed by atoms with van der Waals surface area (Å²) in [4.78, 5) is 4.24. The van der Waals surface area contributed by atoms with Crippen molar-refractivity contribution < 1.29 is 4.39 Å². The van der Waals surface area contributed by atoms with E-state index in [4.69, 9.17) is 0 Å². The molecule has 1 N–H and O–H groups in total. The first kappa shape index (κ1) is 11.6. The maximum Gasteiger partial charge on any atom is 0.126 e.